The Kier molecular flexibility index (Phi) is 4.11. The van der Waals surface area contributed by atoms with E-state index in [-0.39, 0.29) is 5.92 Å². The van der Waals surface area contributed by atoms with Gasteiger partial charge in [-0.2, -0.15) is 15.0 Å². The fraction of sp³-hybridized carbons (Fsp3) is 0.583. The largest absolute Gasteiger partial charge is 0.347 e. The van der Waals surface area contributed by atoms with Crippen molar-refractivity contribution in [2.75, 3.05) is 24.3 Å². The maximum absolute atomic E-state index is 4.43. The molecule has 0 saturated carbocycles. The van der Waals surface area contributed by atoms with Gasteiger partial charge in [0, 0.05) is 27.1 Å². The Labute approximate surface area is 118 Å². The van der Waals surface area contributed by atoms with Gasteiger partial charge in [-0.1, -0.05) is 13.8 Å². The Hall–Kier alpha value is -2.25. The summed E-state index contributed by atoms with van der Waals surface area (Å²) in [6, 6.07) is 0. The van der Waals surface area contributed by atoms with Crippen molar-refractivity contribution >= 4 is 11.9 Å². The predicted molar refractivity (Wildman–Crippen MR) is 76.6 cm³/mol. The zero-order valence-corrected chi connectivity index (χ0v) is 12.5. The Balaban J connectivity index is 2.20. The summed E-state index contributed by atoms with van der Waals surface area (Å²) in [6.45, 7) is 4.63. The number of hydrogen-bond acceptors (Lipinski definition) is 7. The van der Waals surface area contributed by atoms with E-state index in [0.29, 0.717) is 18.4 Å². The second kappa shape index (κ2) is 5.81. The van der Waals surface area contributed by atoms with Gasteiger partial charge < -0.3 is 14.8 Å². The highest BCUT2D eigenvalue weighted by Crippen LogP contribution is 2.15. The molecule has 8 nitrogen and oxygen atoms in total. The third-order valence-electron chi connectivity index (χ3n) is 2.77. The van der Waals surface area contributed by atoms with Crippen molar-refractivity contribution in [1.29, 1.82) is 0 Å². The van der Waals surface area contributed by atoms with Gasteiger partial charge in [0.1, 0.15) is 12.2 Å². The van der Waals surface area contributed by atoms with E-state index in [1.807, 2.05) is 30.6 Å². The highest BCUT2D eigenvalue weighted by atomic mass is 15.3. The predicted octanol–water partition coefficient (Wildman–Crippen LogP) is 0.802. The molecule has 0 saturated heterocycles. The minimum Gasteiger partial charge on any atom is -0.347 e. The Morgan fingerprint density at radius 3 is 2.55 bits per heavy atom. The van der Waals surface area contributed by atoms with Gasteiger partial charge >= 0.3 is 0 Å². The van der Waals surface area contributed by atoms with Gasteiger partial charge in [0.15, 0.2) is 5.82 Å². The molecule has 0 aliphatic rings. The lowest BCUT2D eigenvalue weighted by Gasteiger charge is -2.14. The number of nitrogens with zero attached hydrogens (tertiary/aromatic N) is 7. The van der Waals surface area contributed by atoms with Gasteiger partial charge in [-0.15, -0.1) is 10.2 Å². The molecule has 0 fully saturated rings. The highest BCUT2D eigenvalue weighted by molar-refractivity contribution is 5.36. The van der Waals surface area contributed by atoms with E-state index in [9.17, 15) is 0 Å². The van der Waals surface area contributed by atoms with Crippen molar-refractivity contribution in [2.45, 2.75) is 26.3 Å². The van der Waals surface area contributed by atoms with Crippen LogP contribution in [0.15, 0.2) is 6.33 Å². The molecule has 108 valence electrons. The molecule has 0 aliphatic heterocycles. The Morgan fingerprint density at radius 1 is 1.25 bits per heavy atom. The van der Waals surface area contributed by atoms with Crippen molar-refractivity contribution in [3.8, 4) is 0 Å². The first-order valence-electron chi connectivity index (χ1n) is 6.47. The molecule has 0 spiro atoms. The van der Waals surface area contributed by atoms with E-state index < -0.39 is 0 Å². The molecule has 0 radical (unpaired) electrons. The van der Waals surface area contributed by atoms with Crippen LogP contribution >= 0.6 is 0 Å². The molecule has 8 heteroatoms. The summed E-state index contributed by atoms with van der Waals surface area (Å²) in [6.07, 6.45) is 1.66. The number of aromatic nitrogens is 6. The van der Waals surface area contributed by atoms with Crippen molar-refractivity contribution in [3.63, 3.8) is 0 Å². The molecule has 0 unspecified atom stereocenters. The number of hydrogen-bond donors (Lipinski definition) is 1. The van der Waals surface area contributed by atoms with Crippen molar-refractivity contribution in [1.82, 2.24) is 29.7 Å². The molecule has 2 rings (SSSR count). The van der Waals surface area contributed by atoms with Gasteiger partial charge in [0.05, 0.1) is 6.54 Å². The van der Waals surface area contributed by atoms with Crippen LogP contribution in [0.25, 0.3) is 0 Å². The number of anilines is 2. The zero-order valence-electron chi connectivity index (χ0n) is 12.5. The Bertz CT molecular complexity index is 548. The van der Waals surface area contributed by atoms with E-state index in [1.54, 1.807) is 6.33 Å². The van der Waals surface area contributed by atoms with Crippen LogP contribution in [0.4, 0.5) is 11.9 Å². The summed E-state index contributed by atoms with van der Waals surface area (Å²) < 4.78 is 1.85. The maximum Gasteiger partial charge on any atom is 0.229 e. The van der Waals surface area contributed by atoms with Crippen molar-refractivity contribution in [2.24, 2.45) is 7.05 Å². The van der Waals surface area contributed by atoms with Gasteiger partial charge in [0.25, 0.3) is 0 Å². The van der Waals surface area contributed by atoms with E-state index >= 15 is 0 Å². The molecule has 0 bridgehead atoms. The summed E-state index contributed by atoms with van der Waals surface area (Å²) in [4.78, 5) is 15.1. The van der Waals surface area contributed by atoms with E-state index in [0.717, 1.165) is 11.6 Å². The van der Waals surface area contributed by atoms with Crippen LogP contribution in [0.2, 0.25) is 0 Å². The molecule has 0 atom stereocenters. The smallest absolute Gasteiger partial charge is 0.229 e. The summed E-state index contributed by atoms with van der Waals surface area (Å²) >= 11 is 0. The van der Waals surface area contributed by atoms with E-state index in [4.69, 9.17) is 0 Å². The molecule has 2 aromatic heterocycles. The van der Waals surface area contributed by atoms with Crippen LogP contribution in [0, 0.1) is 0 Å². The summed E-state index contributed by atoms with van der Waals surface area (Å²) in [5, 5.41) is 11.0. The quantitative estimate of drug-likeness (QED) is 0.864. The van der Waals surface area contributed by atoms with Crippen LogP contribution < -0.4 is 10.2 Å². The SMILES string of the molecule is CC(C)c1nc(NCc2nncn2C)nc(N(C)C)n1. The zero-order chi connectivity index (χ0) is 14.7. The van der Waals surface area contributed by atoms with Crippen molar-refractivity contribution in [3.05, 3.63) is 18.0 Å². The third kappa shape index (κ3) is 3.19. The molecule has 1 N–H and O–H groups in total. The first-order valence-corrected chi connectivity index (χ1v) is 6.47. The fourth-order valence-corrected chi connectivity index (χ4v) is 1.54. The maximum atomic E-state index is 4.43. The van der Waals surface area contributed by atoms with Crippen LogP contribution in [-0.4, -0.2) is 43.8 Å². The first kappa shape index (κ1) is 14.2. The molecular formula is C12H20N8. The summed E-state index contributed by atoms with van der Waals surface area (Å²) in [5.41, 5.74) is 0. The van der Waals surface area contributed by atoms with Gasteiger partial charge in [0.2, 0.25) is 11.9 Å². The molecule has 0 aromatic carbocycles. The molecule has 20 heavy (non-hydrogen) atoms. The van der Waals surface area contributed by atoms with Gasteiger partial charge in [-0.05, 0) is 0 Å². The topological polar surface area (TPSA) is 84.7 Å². The molecular weight excluding hydrogens is 256 g/mol. The van der Waals surface area contributed by atoms with E-state index in [2.05, 4.69) is 44.3 Å². The normalized spacial score (nSPS) is 10.9. The summed E-state index contributed by atoms with van der Waals surface area (Å²) in [5.74, 6) is 3.03. The van der Waals surface area contributed by atoms with Crippen LogP contribution in [-0.2, 0) is 13.6 Å². The van der Waals surface area contributed by atoms with Gasteiger partial charge in [-0.3, -0.25) is 0 Å². The van der Waals surface area contributed by atoms with Gasteiger partial charge in [-0.25, -0.2) is 0 Å². The highest BCUT2D eigenvalue weighted by Gasteiger charge is 2.11. The molecule has 2 heterocycles. The summed E-state index contributed by atoms with van der Waals surface area (Å²) in [7, 11) is 5.72. The lowest BCUT2D eigenvalue weighted by molar-refractivity contribution is 0.749. The minimum atomic E-state index is 0.243. The van der Waals surface area contributed by atoms with Crippen LogP contribution in [0.3, 0.4) is 0 Å². The standard InChI is InChI=1S/C12H20N8/c1-8(2)10-15-11(17-12(16-10)19(3)4)13-6-9-18-14-7-20(9)5/h7-8H,6H2,1-5H3,(H,13,15,16,17). The number of rotatable bonds is 5. The fourth-order valence-electron chi connectivity index (χ4n) is 1.54. The lowest BCUT2D eigenvalue weighted by atomic mass is 10.2. The average Bonchev–Trinajstić information content (AvgIpc) is 2.81. The molecule has 0 aliphatic carbocycles. The second-order valence-electron chi connectivity index (χ2n) is 5.08. The van der Waals surface area contributed by atoms with E-state index in [1.165, 1.54) is 0 Å². The average molecular weight is 276 g/mol. The first-order chi connectivity index (χ1) is 9.47. The molecule has 2 aromatic rings. The van der Waals surface area contributed by atoms with Crippen LogP contribution in [0.5, 0.6) is 0 Å². The third-order valence-corrected chi connectivity index (χ3v) is 2.77. The van der Waals surface area contributed by atoms with Crippen molar-refractivity contribution < 1.29 is 0 Å². The number of aryl methyl sites for hydroxylation is 1. The Morgan fingerprint density at radius 2 is 2.00 bits per heavy atom. The molecule has 0 amide bonds. The second-order valence-corrected chi connectivity index (χ2v) is 5.08. The van der Waals surface area contributed by atoms with Crippen LogP contribution in [0.1, 0.15) is 31.4 Å². The lowest BCUT2D eigenvalue weighted by Crippen LogP contribution is -2.17. The monoisotopic (exact) mass is 276 g/mol. The minimum absolute atomic E-state index is 0.243. The number of nitrogens with one attached hydrogen (secondary N) is 1.